The molecule has 2 fully saturated rings. The van der Waals surface area contributed by atoms with Crippen LogP contribution in [0.5, 0.6) is 0 Å². The number of ether oxygens (including phenoxy) is 6. The standard InChI is InChI=1S/C37H58N6O14/c1-35(2,3)56-33(47)41-23-14-13-21(16-40-32(46)52-17-19-9-11-20(12-10-19)43(50)51)54-29(23)25-24(42-34(48)57-36(4,5)6)15-22(38)28(26(25)44)55-31-27(45)30(39-8)37(7,49)18-53-31/h9-13,22-31,39,44-45,49H,14-18,38H2,1-8H3,(H,40,46)(H,41,47)(H,42,48)/t22-,23-,24+,25-,26+,27-,28+,29?,30-,31-,37+/m1/s1. The minimum atomic E-state index is -1.54. The van der Waals surface area contributed by atoms with Crippen LogP contribution in [0.1, 0.15) is 66.9 Å². The first-order valence-corrected chi connectivity index (χ1v) is 18.7. The lowest BCUT2D eigenvalue weighted by atomic mass is 9.72. The summed E-state index contributed by atoms with van der Waals surface area (Å²) >= 11 is 0. The molecule has 57 heavy (non-hydrogen) atoms. The lowest BCUT2D eigenvalue weighted by molar-refractivity contribution is -0.384. The van der Waals surface area contributed by atoms with Gasteiger partial charge in [0.2, 0.25) is 0 Å². The number of aliphatic hydroxyl groups is 3. The van der Waals surface area contributed by atoms with Crippen LogP contribution in [-0.4, -0.2) is 130 Å². The van der Waals surface area contributed by atoms with Crippen molar-refractivity contribution < 1.29 is 63.0 Å². The molecule has 9 N–H and O–H groups in total. The maximum absolute atomic E-state index is 13.2. The number of nitrogens with zero attached hydrogens (tertiary/aromatic N) is 1. The predicted octanol–water partition coefficient (Wildman–Crippen LogP) is 1.43. The number of alkyl carbamates (subject to hydrolysis) is 3. The third-order valence-electron chi connectivity index (χ3n) is 9.57. The van der Waals surface area contributed by atoms with Crippen molar-refractivity contribution in [3.05, 3.63) is 51.8 Å². The molecule has 0 bridgehead atoms. The summed E-state index contributed by atoms with van der Waals surface area (Å²) < 4.78 is 34.7. The Kier molecular flexibility index (Phi) is 14.7. The van der Waals surface area contributed by atoms with Crippen LogP contribution in [0.4, 0.5) is 20.1 Å². The van der Waals surface area contributed by atoms with E-state index < -0.39 is 101 Å². The zero-order valence-electron chi connectivity index (χ0n) is 33.6. The van der Waals surface area contributed by atoms with Crippen molar-refractivity contribution in [2.45, 2.75) is 140 Å². The zero-order valence-corrected chi connectivity index (χ0v) is 33.6. The first kappa shape index (κ1) is 45.4. The van der Waals surface area contributed by atoms with Crippen molar-refractivity contribution in [2.75, 3.05) is 20.2 Å². The van der Waals surface area contributed by atoms with Gasteiger partial charge in [0.1, 0.15) is 47.5 Å². The van der Waals surface area contributed by atoms with Crippen LogP contribution in [0.15, 0.2) is 36.1 Å². The van der Waals surface area contributed by atoms with Gasteiger partial charge in [-0.25, -0.2) is 14.4 Å². The summed E-state index contributed by atoms with van der Waals surface area (Å²) in [4.78, 5) is 49.4. The smallest absolute Gasteiger partial charge is 0.408 e. The number of carbonyl (C=O) groups excluding carboxylic acids is 3. The lowest BCUT2D eigenvalue weighted by Crippen LogP contribution is -2.69. The average Bonchev–Trinajstić information content (AvgIpc) is 3.08. The van der Waals surface area contributed by atoms with Gasteiger partial charge in [-0.1, -0.05) is 0 Å². The molecule has 1 saturated carbocycles. The van der Waals surface area contributed by atoms with Gasteiger partial charge in [-0.05, 0) is 92.1 Å². The van der Waals surface area contributed by atoms with Crippen molar-refractivity contribution in [2.24, 2.45) is 11.7 Å². The molecule has 20 heteroatoms. The van der Waals surface area contributed by atoms with Gasteiger partial charge < -0.3 is 70.7 Å². The van der Waals surface area contributed by atoms with Crippen LogP contribution in [-0.2, 0) is 35.0 Å². The number of amides is 3. The van der Waals surface area contributed by atoms with Crippen LogP contribution in [0.2, 0.25) is 0 Å². The van der Waals surface area contributed by atoms with Crippen LogP contribution < -0.4 is 27.0 Å². The van der Waals surface area contributed by atoms with E-state index in [0.29, 0.717) is 5.56 Å². The Morgan fingerprint density at radius 2 is 1.58 bits per heavy atom. The number of nitro groups is 1. The molecule has 1 aliphatic carbocycles. The molecule has 11 atom stereocenters. The minimum absolute atomic E-state index is 0.00685. The second kappa shape index (κ2) is 18.5. The molecule has 2 heterocycles. The van der Waals surface area contributed by atoms with Gasteiger partial charge in [0, 0.05) is 30.1 Å². The second-order valence-corrected chi connectivity index (χ2v) is 16.7. The Bertz CT molecular complexity index is 1600. The monoisotopic (exact) mass is 810 g/mol. The predicted molar refractivity (Wildman–Crippen MR) is 201 cm³/mol. The van der Waals surface area contributed by atoms with Crippen LogP contribution in [0.25, 0.3) is 0 Å². The summed E-state index contributed by atoms with van der Waals surface area (Å²) in [6.07, 6.45) is -7.23. The number of nitrogens with one attached hydrogen (secondary N) is 4. The number of benzene rings is 1. The molecule has 0 aromatic heterocycles. The van der Waals surface area contributed by atoms with E-state index in [1.54, 1.807) is 54.7 Å². The van der Waals surface area contributed by atoms with Crippen molar-refractivity contribution in [1.82, 2.24) is 21.3 Å². The first-order valence-electron chi connectivity index (χ1n) is 18.7. The van der Waals surface area contributed by atoms with Gasteiger partial charge in [0.15, 0.2) is 6.29 Å². The van der Waals surface area contributed by atoms with Gasteiger partial charge in [-0.2, -0.15) is 0 Å². The number of rotatable bonds is 11. The molecular weight excluding hydrogens is 752 g/mol. The van der Waals surface area contributed by atoms with E-state index in [9.17, 15) is 39.8 Å². The fourth-order valence-corrected chi connectivity index (χ4v) is 7.07. The van der Waals surface area contributed by atoms with E-state index in [0.717, 1.165) is 0 Å². The Hall–Kier alpha value is -4.31. The number of hydrogen-bond donors (Lipinski definition) is 8. The summed E-state index contributed by atoms with van der Waals surface area (Å²) in [5.74, 6) is -0.848. The average molecular weight is 811 g/mol. The Labute approximate surface area is 331 Å². The molecule has 3 aliphatic rings. The molecule has 1 saturated heterocycles. The topological polar surface area (TPSA) is 285 Å². The molecule has 3 amide bonds. The summed E-state index contributed by atoms with van der Waals surface area (Å²) in [5, 5.41) is 56.2. The zero-order chi connectivity index (χ0) is 42.5. The van der Waals surface area contributed by atoms with E-state index in [2.05, 4.69) is 21.3 Å². The first-order chi connectivity index (χ1) is 26.5. The number of likely N-dealkylation sites (N-methyl/N-ethyl adjacent to an activating group) is 1. The highest BCUT2D eigenvalue weighted by molar-refractivity contribution is 5.69. The Morgan fingerprint density at radius 1 is 0.982 bits per heavy atom. The summed E-state index contributed by atoms with van der Waals surface area (Å²) in [5.41, 5.74) is 3.83. The molecule has 1 aromatic rings. The number of nitrogens with two attached hydrogens (primary N) is 1. The summed E-state index contributed by atoms with van der Waals surface area (Å²) in [6.45, 7) is 11.1. The highest BCUT2D eigenvalue weighted by Crippen LogP contribution is 2.37. The largest absolute Gasteiger partial charge is 0.491 e. The SMILES string of the molecule is CN[C@@H]1[C@@H](O)[C@@H](O[C@@H]2[C@@H](O)[C@H](C3OC(CNC(=O)OCc4ccc([N+](=O)[O-])cc4)=CC[C@H]3NC(=O)OC(C)(C)C)[C@@H](NC(=O)OC(C)(C)C)C[C@H]2N)OC[C@]1(C)O. The molecule has 2 aliphatic heterocycles. The fraction of sp³-hybridized carbons (Fsp3) is 0.703. The fourth-order valence-electron chi connectivity index (χ4n) is 7.07. The number of carbonyl (C=O) groups is 3. The van der Waals surface area contributed by atoms with Crippen LogP contribution >= 0.6 is 0 Å². The molecule has 1 unspecified atom stereocenters. The Morgan fingerprint density at radius 3 is 2.14 bits per heavy atom. The molecule has 320 valence electrons. The Balaban J connectivity index is 1.60. The van der Waals surface area contributed by atoms with Crippen molar-refractivity contribution >= 4 is 24.0 Å². The van der Waals surface area contributed by atoms with Crippen molar-refractivity contribution in [1.29, 1.82) is 0 Å². The minimum Gasteiger partial charge on any atom is -0.491 e. The van der Waals surface area contributed by atoms with Crippen molar-refractivity contribution in [3.63, 3.8) is 0 Å². The van der Waals surface area contributed by atoms with Crippen LogP contribution in [0, 0.1) is 16.0 Å². The van der Waals surface area contributed by atoms with Gasteiger partial charge in [0.25, 0.3) is 5.69 Å². The second-order valence-electron chi connectivity index (χ2n) is 16.7. The molecule has 4 rings (SSSR count). The quantitative estimate of drug-likeness (QED) is 0.0891. The van der Waals surface area contributed by atoms with Crippen LogP contribution in [0.3, 0.4) is 0 Å². The van der Waals surface area contributed by atoms with Gasteiger partial charge >= 0.3 is 18.3 Å². The molecule has 0 radical (unpaired) electrons. The molecule has 0 spiro atoms. The number of aliphatic hydroxyl groups excluding tert-OH is 2. The van der Waals surface area contributed by atoms with Gasteiger partial charge in [-0.15, -0.1) is 0 Å². The number of nitro benzene ring substituents is 1. The molecule has 1 aromatic carbocycles. The van der Waals surface area contributed by atoms with Gasteiger partial charge in [-0.3, -0.25) is 10.1 Å². The summed E-state index contributed by atoms with van der Waals surface area (Å²) in [7, 11) is 1.56. The highest BCUT2D eigenvalue weighted by Gasteiger charge is 2.54. The van der Waals surface area contributed by atoms with E-state index in [1.807, 2.05) is 0 Å². The van der Waals surface area contributed by atoms with Gasteiger partial charge in [0.05, 0.1) is 36.3 Å². The van der Waals surface area contributed by atoms with Crippen molar-refractivity contribution in [3.8, 4) is 0 Å². The third kappa shape index (κ3) is 12.6. The number of hydrogen-bond acceptors (Lipinski definition) is 16. The third-order valence-corrected chi connectivity index (χ3v) is 9.57. The maximum atomic E-state index is 13.2. The molecule has 20 nitrogen and oxygen atoms in total. The van der Waals surface area contributed by atoms with E-state index in [4.69, 9.17) is 34.2 Å². The lowest BCUT2D eigenvalue weighted by Gasteiger charge is -2.50. The summed E-state index contributed by atoms with van der Waals surface area (Å²) in [6, 6.07) is 1.91. The normalized spacial score (nSPS) is 31.8. The number of non-ortho nitro benzene ring substituents is 1. The maximum Gasteiger partial charge on any atom is 0.408 e. The molecular formula is C37H58N6O14. The van der Waals surface area contributed by atoms with E-state index in [-0.39, 0.29) is 44.0 Å². The van der Waals surface area contributed by atoms with E-state index >= 15 is 0 Å². The highest BCUT2D eigenvalue weighted by atomic mass is 16.7. The van der Waals surface area contributed by atoms with E-state index in [1.165, 1.54) is 31.2 Å².